The molecular formula is C20H30N2O3. The highest BCUT2D eigenvalue weighted by atomic mass is 16.5. The predicted octanol–water partition coefficient (Wildman–Crippen LogP) is 2.72. The maximum Gasteiger partial charge on any atom is 0.227 e. The topological polar surface area (TPSA) is 42.0 Å². The molecule has 0 aromatic heterocycles. The minimum absolute atomic E-state index is 0.233. The smallest absolute Gasteiger partial charge is 0.227 e. The van der Waals surface area contributed by atoms with Crippen molar-refractivity contribution < 1.29 is 14.3 Å². The van der Waals surface area contributed by atoms with E-state index in [0.717, 1.165) is 31.5 Å². The lowest BCUT2D eigenvalue weighted by atomic mass is 10.00. The van der Waals surface area contributed by atoms with Crippen LogP contribution in [0.4, 0.5) is 0 Å². The Balaban J connectivity index is 1.65. The van der Waals surface area contributed by atoms with Gasteiger partial charge in [0.25, 0.3) is 0 Å². The van der Waals surface area contributed by atoms with Gasteiger partial charge in [-0.05, 0) is 62.9 Å². The van der Waals surface area contributed by atoms with Crippen molar-refractivity contribution in [2.24, 2.45) is 0 Å². The first-order chi connectivity index (χ1) is 12.2. The fraction of sp³-hybridized carbons (Fsp3) is 0.650. The highest BCUT2D eigenvalue weighted by Gasteiger charge is 2.29. The molecule has 1 amide bonds. The second-order valence-corrected chi connectivity index (χ2v) is 7.11. The largest absolute Gasteiger partial charge is 0.493 e. The number of likely N-dealkylation sites (tertiary alicyclic amines) is 2. The minimum atomic E-state index is 0.233. The molecule has 0 saturated carbocycles. The first kappa shape index (κ1) is 18.1. The van der Waals surface area contributed by atoms with Crippen LogP contribution in [-0.2, 0) is 11.2 Å². The van der Waals surface area contributed by atoms with Crippen molar-refractivity contribution >= 4 is 5.91 Å². The molecule has 138 valence electrons. The number of hydrogen-bond acceptors (Lipinski definition) is 4. The number of carbonyl (C=O) groups excluding carboxylic acids is 1. The summed E-state index contributed by atoms with van der Waals surface area (Å²) in [6.45, 7) is 4.31. The van der Waals surface area contributed by atoms with Crippen molar-refractivity contribution in [1.29, 1.82) is 0 Å². The van der Waals surface area contributed by atoms with Gasteiger partial charge < -0.3 is 19.3 Å². The van der Waals surface area contributed by atoms with Crippen LogP contribution in [0.1, 0.15) is 37.7 Å². The van der Waals surface area contributed by atoms with Gasteiger partial charge in [-0.2, -0.15) is 0 Å². The summed E-state index contributed by atoms with van der Waals surface area (Å²) in [6, 6.07) is 6.12. The maximum absolute atomic E-state index is 12.9. The summed E-state index contributed by atoms with van der Waals surface area (Å²) < 4.78 is 10.6. The molecule has 0 bridgehead atoms. The third-order valence-electron chi connectivity index (χ3n) is 5.42. The molecule has 2 heterocycles. The van der Waals surface area contributed by atoms with Crippen molar-refractivity contribution in [1.82, 2.24) is 9.80 Å². The van der Waals surface area contributed by atoms with E-state index in [2.05, 4.69) is 9.80 Å². The van der Waals surface area contributed by atoms with Crippen LogP contribution in [0.25, 0.3) is 0 Å². The summed E-state index contributed by atoms with van der Waals surface area (Å²) in [7, 11) is 3.25. The summed E-state index contributed by atoms with van der Waals surface area (Å²) in [5.41, 5.74) is 0.980. The molecule has 1 unspecified atom stereocenters. The number of benzene rings is 1. The second kappa shape index (κ2) is 8.56. The molecule has 2 saturated heterocycles. The normalized spacial score (nSPS) is 21.4. The van der Waals surface area contributed by atoms with Gasteiger partial charge in [-0.1, -0.05) is 6.07 Å². The van der Waals surface area contributed by atoms with E-state index in [1.54, 1.807) is 14.2 Å². The Labute approximate surface area is 150 Å². The van der Waals surface area contributed by atoms with Crippen LogP contribution in [0.5, 0.6) is 11.5 Å². The average Bonchev–Trinajstić information content (AvgIpc) is 3.15. The van der Waals surface area contributed by atoms with Gasteiger partial charge in [-0.3, -0.25) is 4.79 Å². The van der Waals surface area contributed by atoms with E-state index in [0.29, 0.717) is 24.0 Å². The van der Waals surface area contributed by atoms with E-state index >= 15 is 0 Å². The van der Waals surface area contributed by atoms with Gasteiger partial charge >= 0.3 is 0 Å². The second-order valence-electron chi connectivity index (χ2n) is 7.11. The first-order valence-electron chi connectivity index (χ1n) is 9.44. The number of rotatable bonds is 6. The van der Waals surface area contributed by atoms with Crippen molar-refractivity contribution in [3.63, 3.8) is 0 Å². The molecule has 0 spiro atoms. The molecule has 0 aliphatic carbocycles. The summed E-state index contributed by atoms with van der Waals surface area (Å²) in [4.78, 5) is 17.6. The predicted molar refractivity (Wildman–Crippen MR) is 98.3 cm³/mol. The zero-order valence-corrected chi connectivity index (χ0v) is 15.5. The third-order valence-corrected chi connectivity index (χ3v) is 5.42. The Hall–Kier alpha value is -1.75. The third kappa shape index (κ3) is 4.46. The van der Waals surface area contributed by atoms with E-state index in [4.69, 9.17) is 9.47 Å². The lowest BCUT2D eigenvalue weighted by molar-refractivity contribution is -0.134. The van der Waals surface area contributed by atoms with Gasteiger partial charge in [0.15, 0.2) is 11.5 Å². The minimum Gasteiger partial charge on any atom is -0.493 e. The lowest BCUT2D eigenvalue weighted by Gasteiger charge is -2.38. The van der Waals surface area contributed by atoms with Crippen molar-refractivity contribution in [2.45, 2.75) is 44.6 Å². The number of ether oxygens (including phenoxy) is 2. The van der Waals surface area contributed by atoms with Crippen molar-refractivity contribution in [3.8, 4) is 11.5 Å². The van der Waals surface area contributed by atoms with Gasteiger partial charge in [0.05, 0.1) is 20.6 Å². The number of amides is 1. The van der Waals surface area contributed by atoms with Crippen LogP contribution in [0.3, 0.4) is 0 Å². The maximum atomic E-state index is 12.9. The van der Waals surface area contributed by atoms with Crippen LogP contribution in [0.2, 0.25) is 0 Å². The Morgan fingerprint density at radius 3 is 2.48 bits per heavy atom. The number of carbonyl (C=O) groups is 1. The molecule has 0 radical (unpaired) electrons. The van der Waals surface area contributed by atoms with Crippen LogP contribution >= 0.6 is 0 Å². The van der Waals surface area contributed by atoms with E-state index in [-0.39, 0.29) is 5.91 Å². The summed E-state index contributed by atoms with van der Waals surface area (Å²) in [5, 5.41) is 0. The average molecular weight is 346 g/mol. The molecule has 5 heteroatoms. The fourth-order valence-corrected chi connectivity index (χ4v) is 4.05. The first-order valence-corrected chi connectivity index (χ1v) is 9.44. The zero-order chi connectivity index (χ0) is 17.6. The molecule has 2 fully saturated rings. The number of methoxy groups -OCH3 is 2. The lowest BCUT2D eigenvalue weighted by Crippen LogP contribution is -2.49. The van der Waals surface area contributed by atoms with Gasteiger partial charge in [0, 0.05) is 19.1 Å². The molecule has 2 aliphatic heterocycles. The molecule has 1 atom stereocenters. The monoisotopic (exact) mass is 346 g/mol. The Morgan fingerprint density at radius 2 is 1.76 bits per heavy atom. The summed E-state index contributed by atoms with van der Waals surface area (Å²) in [5.74, 6) is 1.61. The SMILES string of the molecule is COc1ccc(CC(=O)N2CCCCC2CN2CCCC2)cc1OC. The molecule has 3 rings (SSSR count). The molecule has 25 heavy (non-hydrogen) atoms. The van der Waals surface area contributed by atoms with Crippen molar-refractivity contribution in [2.75, 3.05) is 40.4 Å². The van der Waals surface area contributed by atoms with E-state index in [1.165, 1.54) is 32.4 Å². The van der Waals surface area contributed by atoms with Crippen LogP contribution in [0.15, 0.2) is 18.2 Å². The van der Waals surface area contributed by atoms with Gasteiger partial charge in [-0.25, -0.2) is 0 Å². The van der Waals surface area contributed by atoms with Crippen LogP contribution in [-0.4, -0.2) is 62.1 Å². The summed E-state index contributed by atoms with van der Waals surface area (Å²) in [6.07, 6.45) is 6.51. The Kier molecular flexibility index (Phi) is 6.19. The Morgan fingerprint density at radius 1 is 1.04 bits per heavy atom. The fourth-order valence-electron chi connectivity index (χ4n) is 4.05. The number of nitrogens with zero attached hydrogens (tertiary/aromatic N) is 2. The molecular weight excluding hydrogens is 316 g/mol. The molecule has 0 N–H and O–H groups in total. The van der Waals surface area contributed by atoms with E-state index in [1.807, 2.05) is 18.2 Å². The zero-order valence-electron chi connectivity index (χ0n) is 15.5. The highest BCUT2D eigenvalue weighted by Crippen LogP contribution is 2.28. The Bertz CT molecular complexity index is 584. The van der Waals surface area contributed by atoms with Crippen molar-refractivity contribution in [3.05, 3.63) is 23.8 Å². The molecule has 2 aliphatic rings. The van der Waals surface area contributed by atoms with E-state index < -0.39 is 0 Å². The quantitative estimate of drug-likeness (QED) is 0.794. The van der Waals surface area contributed by atoms with Gasteiger partial charge in [0.2, 0.25) is 5.91 Å². The van der Waals surface area contributed by atoms with Gasteiger partial charge in [0.1, 0.15) is 0 Å². The number of piperidine rings is 1. The van der Waals surface area contributed by atoms with Gasteiger partial charge in [-0.15, -0.1) is 0 Å². The standard InChI is InChI=1S/C20H30N2O3/c1-24-18-9-8-16(13-19(18)25-2)14-20(23)22-12-4-3-7-17(22)15-21-10-5-6-11-21/h8-9,13,17H,3-7,10-12,14-15H2,1-2H3. The molecule has 1 aromatic carbocycles. The van der Waals surface area contributed by atoms with Crippen LogP contribution < -0.4 is 9.47 Å². The molecule has 5 nitrogen and oxygen atoms in total. The highest BCUT2D eigenvalue weighted by molar-refractivity contribution is 5.79. The summed E-state index contributed by atoms with van der Waals surface area (Å²) >= 11 is 0. The number of hydrogen-bond donors (Lipinski definition) is 0. The van der Waals surface area contributed by atoms with E-state index in [9.17, 15) is 4.79 Å². The molecule has 1 aromatic rings. The van der Waals surface area contributed by atoms with Crippen LogP contribution in [0, 0.1) is 0 Å².